The van der Waals surface area contributed by atoms with E-state index in [4.69, 9.17) is 23.7 Å². The van der Waals surface area contributed by atoms with E-state index in [0.29, 0.717) is 145 Å². The summed E-state index contributed by atoms with van der Waals surface area (Å²) in [4.78, 5) is 115. The Balaban J connectivity index is -0.000000459. The predicted octanol–water partition coefficient (Wildman–Crippen LogP) is 20.3. The van der Waals surface area contributed by atoms with Crippen LogP contribution in [0.15, 0.2) is 227 Å². The van der Waals surface area contributed by atoms with Gasteiger partial charge in [0, 0.05) is 222 Å². The molecular weight excluding hydrogens is 1970 g/mol. The quantitative estimate of drug-likeness (QED) is 0.0349. The number of anilines is 2. The Bertz CT molecular complexity index is 5140. The molecule has 655 valence electrons. The number of carbonyl (C=O) groups is 4. The predicted molar refractivity (Wildman–Crippen MR) is 486 cm³/mol. The van der Waals surface area contributed by atoms with Crippen molar-refractivity contribution in [1.29, 1.82) is 0 Å². The van der Waals surface area contributed by atoms with Crippen LogP contribution in [0.25, 0.3) is 66.5 Å². The van der Waals surface area contributed by atoms with Gasteiger partial charge in [0.15, 0.2) is 11.6 Å². The number of Topliss-reactive ketones (excluding diaryl/α,β-unsaturated/α-hetero) is 2. The molecule has 13 aromatic rings. The van der Waals surface area contributed by atoms with Crippen LogP contribution in [0.2, 0.25) is 0 Å². The maximum absolute atomic E-state index is 12.6. The van der Waals surface area contributed by atoms with Crippen molar-refractivity contribution in [1.82, 2.24) is 39.9 Å². The summed E-state index contributed by atoms with van der Waals surface area (Å²) in [7, 11) is 0. The van der Waals surface area contributed by atoms with Gasteiger partial charge in [-0.3, -0.25) is 33.6 Å². The van der Waals surface area contributed by atoms with Gasteiger partial charge in [-0.05, 0) is 126 Å². The molecule has 5 aromatic carbocycles. The molecule has 125 heavy (non-hydrogen) atoms. The van der Waals surface area contributed by atoms with Gasteiger partial charge < -0.3 is 102 Å². The number of fused-ring (bicyclic) bond motifs is 5. The molecule has 2 aliphatic rings. The van der Waals surface area contributed by atoms with Gasteiger partial charge in [-0.15, -0.1) is 0 Å². The SMILES string of the molecule is CC.CC.CC.CC.CC.CCOc1ccccc1-c1c(O)c2cccnc2[nH]c1=O.CCOc1ccccc1-c1c(O)c2cccnc2[nH]c1=O.CCOc1ccccc1-c1c(O)c2cccnc2[nH]c1=O.CCOc1ccccc1C1C(=O)Nc2ncccc2C1=O.CCOc1ccccc1C1C(=O)Nc2ncccc2C1=O.[CH3-].[CH3-].[CH3-].[CH3-].[CH3-].[Y].[Y].[Y].[Y].[Y]. The van der Waals surface area contributed by atoms with E-state index in [1.54, 1.807) is 183 Å². The van der Waals surface area contributed by atoms with Gasteiger partial charge in [-0.2, -0.15) is 0 Å². The molecular formula is C95H115N10O15Y5-5. The number of hydrogen-bond donors (Lipinski definition) is 8. The first-order chi connectivity index (χ1) is 56.1. The van der Waals surface area contributed by atoms with E-state index in [0.717, 1.165) is 0 Å². The number of ketones is 2. The second-order valence-corrected chi connectivity index (χ2v) is 22.8. The fraction of sp³-hybridized carbons (Fsp3) is 0.232. The Kier molecular flexibility index (Phi) is 66.2. The van der Waals surface area contributed by atoms with Crippen molar-refractivity contribution >= 4 is 68.1 Å². The Morgan fingerprint density at radius 2 is 0.504 bits per heavy atom. The van der Waals surface area contributed by atoms with Crippen LogP contribution in [0, 0.1) is 37.1 Å². The monoisotopic (exact) mass is 2080 g/mol. The molecule has 2 aliphatic heterocycles. The zero-order valence-electron chi connectivity index (χ0n) is 75.3. The summed E-state index contributed by atoms with van der Waals surface area (Å²) in [5, 5.41) is 38.2. The molecule has 2 amide bonds. The number of nitrogens with one attached hydrogen (secondary N) is 5. The molecule has 5 radical (unpaired) electrons. The van der Waals surface area contributed by atoms with Crippen molar-refractivity contribution in [2.45, 2.75) is 116 Å². The van der Waals surface area contributed by atoms with Gasteiger partial charge in [0.05, 0.1) is 77.0 Å². The third-order valence-electron chi connectivity index (χ3n) is 16.4. The maximum atomic E-state index is 12.6. The molecule has 2 atom stereocenters. The minimum Gasteiger partial charge on any atom is -0.506 e. The number of aromatic nitrogens is 8. The Morgan fingerprint density at radius 3 is 0.768 bits per heavy atom. The summed E-state index contributed by atoms with van der Waals surface area (Å²) < 4.78 is 27.7. The van der Waals surface area contributed by atoms with Crippen LogP contribution in [0.3, 0.4) is 0 Å². The van der Waals surface area contributed by atoms with Crippen molar-refractivity contribution in [3.05, 3.63) is 303 Å². The van der Waals surface area contributed by atoms with Crippen LogP contribution in [-0.2, 0) is 173 Å². The first-order valence-electron chi connectivity index (χ1n) is 38.4. The average molecular weight is 2080 g/mol. The minimum atomic E-state index is -0.899. The van der Waals surface area contributed by atoms with Crippen LogP contribution >= 0.6 is 0 Å². The molecule has 0 saturated heterocycles. The van der Waals surface area contributed by atoms with Crippen molar-refractivity contribution in [2.24, 2.45) is 0 Å². The fourth-order valence-electron chi connectivity index (χ4n) is 11.8. The van der Waals surface area contributed by atoms with Gasteiger partial charge in [0.1, 0.15) is 86.4 Å². The Morgan fingerprint density at radius 1 is 0.288 bits per heavy atom. The number of para-hydroxylation sites is 5. The van der Waals surface area contributed by atoms with E-state index in [1.807, 2.05) is 134 Å². The van der Waals surface area contributed by atoms with Crippen molar-refractivity contribution in [3.63, 3.8) is 0 Å². The zero-order chi connectivity index (χ0) is 84.1. The molecule has 8 aromatic heterocycles. The van der Waals surface area contributed by atoms with Crippen LogP contribution in [0.4, 0.5) is 11.6 Å². The van der Waals surface area contributed by atoms with Gasteiger partial charge in [0.2, 0.25) is 11.8 Å². The number of benzene rings is 5. The second-order valence-electron chi connectivity index (χ2n) is 22.8. The number of hydrogen-bond acceptors (Lipinski definition) is 20. The summed E-state index contributed by atoms with van der Waals surface area (Å²) >= 11 is 0. The smallest absolute Gasteiger partial charge is 0.261 e. The number of carbonyl (C=O) groups excluding carboxylic acids is 4. The number of nitrogens with zero attached hydrogens (tertiary/aromatic N) is 5. The molecule has 0 saturated carbocycles. The van der Waals surface area contributed by atoms with E-state index in [-0.39, 0.29) is 258 Å². The van der Waals surface area contributed by atoms with Gasteiger partial charge in [0.25, 0.3) is 16.7 Å². The van der Waals surface area contributed by atoms with Gasteiger partial charge in [-0.25, -0.2) is 24.9 Å². The summed E-state index contributed by atoms with van der Waals surface area (Å²) in [6.07, 6.45) is 7.77. The van der Waals surface area contributed by atoms with E-state index in [1.165, 1.54) is 0 Å². The molecule has 8 N–H and O–H groups in total. The van der Waals surface area contributed by atoms with Gasteiger partial charge >= 0.3 is 0 Å². The molecule has 25 nitrogen and oxygen atoms in total. The van der Waals surface area contributed by atoms with Crippen molar-refractivity contribution in [2.75, 3.05) is 43.7 Å². The maximum Gasteiger partial charge on any atom is 0.261 e. The topological polar surface area (TPSA) is 362 Å². The first kappa shape index (κ1) is 125. The first-order valence-corrected chi connectivity index (χ1v) is 38.4. The van der Waals surface area contributed by atoms with Crippen LogP contribution in [0.5, 0.6) is 46.0 Å². The Hall–Kier alpha value is -8.32. The standard InChI is InChI=1S/5C16H14N2O3.5C2H6.5CH3.5Y/c5*1-2-21-12-8-4-3-6-10(12)13-14(19)11-7-5-9-17-15(11)18-16(13)20;5*1-2;;;;;;;;;;/h3*3-9H,2H2,1H3,(H2,17,18,19,20);2*3-9,13H,2H2,1H3,(H,17,18,20);5*1-2H3;5*1H3;;;;;/q;;;;;;;;;;5*-1;;;;;. The Labute approximate surface area is 861 Å². The summed E-state index contributed by atoms with van der Waals surface area (Å²) in [6, 6.07) is 52.6. The van der Waals surface area contributed by atoms with Crippen LogP contribution in [-0.4, -0.2) is 112 Å². The normalized spacial score (nSPS) is 11.4. The number of aromatic amines is 3. The van der Waals surface area contributed by atoms with E-state index in [2.05, 4.69) is 50.5 Å². The van der Waals surface area contributed by atoms with Crippen LogP contribution in [0.1, 0.15) is 148 Å². The largest absolute Gasteiger partial charge is 0.506 e. The number of amides is 2. The number of rotatable bonds is 15. The molecule has 0 spiro atoms. The van der Waals surface area contributed by atoms with E-state index < -0.39 is 28.5 Å². The third kappa shape index (κ3) is 31.8. The van der Waals surface area contributed by atoms with Crippen LogP contribution < -0.4 is 51.0 Å². The summed E-state index contributed by atoms with van der Waals surface area (Å²) in [5.74, 6) is 0.0969. The molecule has 0 fully saturated rings. The third-order valence-corrected chi connectivity index (χ3v) is 16.4. The molecule has 0 aliphatic carbocycles. The van der Waals surface area contributed by atoms with Crippen molar-refractivity contribution < 1.29 is 222 Å². The molecule has 0 bridgehead atoms. The number of ether oxygens (including phenoxy) is 5. The number of H-pyrrole nitrogens is 3. The molecule has 15 rings (SSSR count). The summed E-state index contributed by atoms with van der Waals surface area (Å²) in [5.41, 5.74) is 4.15. The second kappa shape index (κ2) is 66.1. The molecule has 2 unspecified atom stereocenters. The number of pyridine rings is 8. The van der Waals surface area contributed by atoms with E-state index >= 15 is 0 Å². The van der Waals surface area contributed by atoms with E-state index in [9.17, 15) is 48.9 Å². The summed E-state index contributed by atoms with van der Waals surface area (Å²) in [6.45, 7) is 31.7. The van der Waals surface area contributed by atoms with Crippen molar-refractivity contribution in [3.8, 4) is 79.4 Å². The minimum absolute atomic E-state index is 0. The zero-order valence-corrected chi connectivity index (χ0v) is 89.5. The molecule has 10 heterocycles. The van der Waals surface area contributed by atoms with Gasteiger partial charge in [-0.1, -0.05) is 160 Å². The number of aromatic hydroxyl groups is 3. The fourth-order valence-corrected chi connectivity index (χ4v) is 11.8. The average Bonchev–Trinajstić information content (AvgIpc) is 0.799. The molecule has 30 heteroatoms.